The van der Waals surface area contributed by atoms with Gasteiger partial charge in [-0.2, -0.15) is 0 Å². The van der Waals surface area contributed by atoms with Crippen molar-refractivity contribution in [2.24, 2.45) is 11.8 Å². The third-order valence-corrected chi connectivity index (χ3v) is 5.17. The van der Waals surface area contributed by atoms with Gasteiger partial charge in [-0.25, -0.2) is 0 Å². The Labute approximate surface area is 150 Å². The van der Waals surface area contributed by atoms with Crippen LogP contribution in [-0.4, -0.2) is 48.6 Å². The highest BCUT2D eigenvalue weighted by atomic mass is 16.5. The molecule has 2 heterocycles. The molecule has 1 aliphatic heterocycles. The van der Waals surface area contributed by atoms with Gasteiger partial charge in [0.25, 0.3) is 0 Å². The molecule has 140 valence electrons. The van der Waals surface area contributed by atoms with E-state index in [-0.39, 0.29) is 17.4 Å². The Morgan fingerprint density at radius 1 is 1.40 bits per heavy atom. The van der Waals surface area contributed by atoms with Crippen LogP contribution in [0, 0.1) is 25.7 Å². The number of carbonyl (C=O) groups excluding carboxylic acids is 1. The summed E-state index contributed by atoms with van der Waals surface area (Å²) in [5.41, 5.74) is 2.60. The van der Waals surface area contributed by atoms with E-state index in [1.807, 2.05) is 13.8 Å². The van der Waals surface area contributed by atoms with Gasteiger partial charge in [0.15, 0.2) is 5.43 Å². The number of amides is 1. The number of hydrogen-bond acceptors (Lipinski definition) is 4. The highest BCUT2D eigenvalue weighted by Gasteiger charge is 2.35. The normalized spacial score (nSPS) is 21.0. The van der Waals surface area contributed by atoms with E-state index in [2.05, 4.69) is 29.0 Å². The number of aryl methyl sites for hydroxylation is 1. The van der Waals surface area contributed by atoms with Gasteiger partial charge >= 0.3 is 0 Å². The molecule has 2 N–H and O–H groups in total. The highest BCUT2D eigenvalue weighted by Crippen LogP contribution is 2.26. The molecule has 0 radical (unpaired) electrons. The molecule has 0 aromatic carbocycles. The number of pyridine rings is 1. The van der Waals surface area contributed by atoms with Crippen LogP contribution < -0.4 is 10.7 Å². The van der Waals surface area contributed by atoms with Crippen molar-refractivity contribution in [3.8, 4) is 0 Å². The molecule has 0 saturated carbocycles. The third kappa shape index (κ3) is 4.92. The van der Waals surface area contributed by atoms with E-state index in [9.17, 15) is 9.59 Å². The van der Waals surface area contributed by atoms with Crippen LogP contribution in [-0.2, 0) is 16.1 Å². The van der Waals surface area contributed by atoms with Gasteiger partial charge in [0.05, 0.1) is 6.61 Å². The van der Waals surface area contributed by atoms with Crippen molar-refractivity contribution in [2.45, 2.75) is 46.7 Å². The molecule has 1 aromatic rings. The quantitative estimate of drug-likeness (QED) is 0.784. The second kappa shape index (κ2) is 8.63. The fourth-order valence-corrected chi connectivity index (χ4v) is 3.53. The smallest absolute Gasteiger partial charge is 0.222 e. The van der Waals surface area contributed by atoms with Crippen molar-refractivity contribution in [1.29, 1.82) is 0 Å². The lowest BCUT2D eigenvalue weighted by Crippen LogP contribution is -2.42. The number of nitrogens with zero attached hydrogens (tertiary/aromatic N) is 1. The Morgan fingerprint density at radius 3 is 2.76 bits per heavy atom. The van der Waals surface area contributed by atoms with E-state index in [1.54, 1.807) is 13.3 Å². The molecule has 1 fully saturated rings. The molecule has 0 spiro atoms. The molecular formula is C19H31N3O3. The Bertz CT molecular complexity index is 654. The molecule has 0 aliphatic carbocycles. The number of likely N-dealkylation sites (tertiary alicyclic amines) is 1. The van der Waals surface area contributed by atoms with E-state index in [0.29, 0.717) is 31.4 Å². The topological polar surface area (TPSA) is 74.4 Å². The fourth-order valence-electron chi connectivity index (χ4n) is 3.53. The van der Waals surface area contributed by atoms with E-state index < -0.39 is 0 Å². The van der Waals surface area contributed by atoms with Gasteiger partial charge < -0.3 is 15.0 Å². The van der Waals surface area contributed by atoms with Crippen molar-refractivity contribution in [1.82, 2.24) is 15.2 Å². The summed E-state index contributed by atoms with van der Waals surface area (Å²) in [6.45, 7) is 11.0. The van der Waals surface area contributed by atoms with Crippen LogP contribution in [0.15, 0.2) is 11.0 Å². The average molecular weight is 349 g/mol. The van der Waals surface area contributed by atoms with Crippen molar-refractivity contribution in [3.63, 3.8) is 0 Å². The number of rotatable bonds is 7. The number of methoxy groups -OCH3 is 1. The molecule has 1 saturated heterocycles. The van der Waals surface area contributed by atoms with Gasteiger partial charge in [-0.15, -0.1) is 0 Å². The molecule has 1 amide bonds. The van der Waals surface area contributed by atoms with Gasteiger partial charge in [-0.1, -0.05) is 13.8 Å². The Kier molecular flexibility index (Phi) is 6.79. The monoisotopic (exact) mass is 349 g/mol. The molecule has 2 rings (SSSR count). The van der Waals surface area contributed by atoms with Crippen LogP contribution in [0.25, 0.3) is 0 Å². The summed E-state index contributed by atoms with van der Waals surface area (Å²) < 4.78 is 4.98. The molecule has 0 unspecified atom stereocenters. The van der Waals surface area contributed by atoms with E-state index in [4.69, 9.17) is 4.74 Å². The second-order valence-corrected chi connectivity index (χ2v) is 7.42. The minimum atomic E-state index is 0.0410. The van der Waals surface area contributed by atoms with Crippen LogP contribution in [0.4, 0.5) is 0 Å². The molecular weight excluding hydrogens is 318 g/mol. The first-order valence-corrected chi connectivity index (χ1v) is 9.01. The first-order valence-electron chi connectivity index (χ1n) is 9.01. The zero-order valence-corrected chi connectivity index (χ0v) is 16.0. The van der Waals surface area contributed by atoms with Crippen molar-refractivity contribution >= 4 is 5.91 Å². The number of H-pyrrole nitrogens is 1. The van der Waals surface area contributed by atoms with Crippen LogP contribution in [0.1, 0.15) is 37.1 Å². The predicted molar refractivity (Wildman–Crippen MR) is 98.6 cm³/mol. The third-order valence-electron chi connectivity index (χ3n) is 5.17. The van der Waals surface area contributed by atoms with Gasteiger partial charge in [0.2, 0.25) is 5.91 Å². The zero-order valence-electron chi connectivity index (χ0n) is 16.0. The van der Waals surface area contributed by atoms with Crippen molar-refractivity contribution in [2.75, 3.05) is 26.8 Å². The summed E-state index contributed by atoms with van der Waals surface area (Å²) in [6, 6.07) is 0.141. The lowest BCUT2D eigenvalue weighted by molar-refractivity contribution is -0.122. The van der Waals surface area contributed by atoms with Crippen LogP contribution in [0.3, 0.4) is 0 Å². The second-order valence-electron chi connectivity index (χ2n) is 7.42. The van der Waals surface area contributed by atoms with Crippen molar-refractivity contribution in [3.05, 3.63) is 33.2 Å². The zero-order chi connectivity index (χ0) is 18.6. The van der Waals surface area contributed by atoms with Crippen molar-refractivity contribution < 1.29 is 9.53 Å². The molecule has 25 heavy (non-hydrogen) atoms. The van der Waals surface area contributed by atoms with E-state index in [0.717, 1.165) is 29.9 Å². The largest absolute Gasteiger partial charge is 0.384 e. The van der Waals surface area contributed by atoms with E-state index in [1.165, 1.54) is 0 Å². The minimum Gasteiger partial charge on any atom is -0.384 e. The standard InChI is InChI=1S/C19H31N3O3/c1-12(2)15-9-22(11-17(15)21-18(23)6-7-25-5)10-16-14(4)19(24)13(3)8-20-16/h8,12,15,17H,6-7,9-11H2,1-5H3,(H,20,24)(H,21,23)/t15-,17+/m1/s1. The van der Waals surface area contributed by atoms with Gasteiger partial charge in [-0.05, 0) is 25.7 Å². The Balaban J connectivity index is 2.05. The van der Waals surface area contributed by atoms with Crippen LogP contribution in [0.5, 0.6) is 0 Å². The maximum absolute atomic E-state index is 12.1. The first kappa shape index (κ1) is 19.7. The fraction of sp³-hybridized carbons (Fsp3) is 0.684. The predicted octanol–water partition coefficient (Wildman–Crippen LogP) is 1.60. The SMILES string of the molecule is COCCC(=O)N[C@H]1CN(Cc2[nH]cc(C)c(=O)c2C)C[C@@H]1C(C)C. The molecule has 1 aromatic heterocycles. The number of ether oxygens (including phenoxy) is 1. The molecule has 1 aliphatic rings. The van der Waals surface area contributed by atoms with E-state index >= 15 is 0 Å². The minimum absolute atomic E-state index is 0.0410. The Morgan fingerprint density at radius 2 is 2.12 bits per heavy atom. The first-order chi connectivity index (χ1) is 11.8. The molecule has 6 nitrogen and oxygen atoms in total. The molecule has 0 bridgehead atoms. The van der Waals surface area contributed by atoms with Gasteiger partial charge in [0, 0.05) is 62.2 Å². The number of nitrogens with one attached hydrogen (secondary N) is 2. The van der Waals surface area contributed by atoms with Gasteiger partial charge in [0.1, 0.15) is 0 Å². The number of carbonyl (C=O) groups is 1. The number of aromatic amines is 1. The Hall–Kier alpha value is -1.66. The van der Waals surface area contributed by atoms with Crippen LogP contribution in [0.2, 0.25) is 0 Å². The lowest BCUT2D eigenvalue weighted by atomic mass is 9.91. The maximum Gasteiger partial charge on any atom is 0.222 e. The summed E-state index contributed by atoms with van der Waals surface area (Å²) in [5, 5.41) is 3.16. The molecule has 6 heteroatoms. The number of hydrogen-bond donors (Lipinski definition) is 2. The summed E-state index contributed by atoms with van der Waals surface area (Å²) >= 11 is 0. The molecule has 2 atom stereocenters. The highest BCUT2D eigenvalue weighted by molar-refractivity contribution is 5.76. The average Bonchev–Trinajstić information content (AvgIpc) is 2.96. The summed E-state index contributed by atoms with van der Waals surface area (Å²) in [6.07, 6.45) is 2.17. The summed E-state index contributed by atoms with van der Waals surface area (Å²) in [7, 11) is 1.60. The number of aromatic nitrogens is 1. The maximum atomic E-state index is 12.1. The summed E-state index contributed by atoms with van der Waals surface area (Å²) in [4.78, 5) is 29.8. The van der Waals surface area contributed by atoms with Crippen LogP contribution >= 0.6 is 0 Å². The lowest BCUT2D eigenvalue weighted by Gasteiger charge is -2.22. The summed E-state index contributed by atoms with van der Waals surface area (Å²) in [5.74, 6) is 0.930. The van der Waals surface area contributed by atoms with Gasteiger partial charge in [-0.3, -0.25) is 14.5 Å².